The Morgan fingerprint density at radius 2 is 2.13 bits per heavy atom. The topological polar surface area (TPSA) is 46.3 Å². The molecule has 0 aliphatic heterocycles. The number of para-hydroxylation sites is 1. The average Bonchev–Trinajstić information content (AvgIpc) is 3.22. The minimum Gasteiger partial charge on any atom is -0.467 e. The zero-order valence-corrected chi connectivity index (χ0v) is 14.2. The number of aryl methyl sites for hydroxylation is 1. The zero-order chi connectivity index (χ0) is 16.2. The average molecular weight is 328 g/mol. The summed E-state index contributed by atoms with van der Waals surface area (Å²) in [4.78, 5) is 18.7. The quantitative estimate of drug-likeness (QED) is 0.672. The van der Waals surface area contributed by atoms with Crippen LogP contribution in [0, 0.1) is 0 Å². The van der Waals surface area contributed by atoms with Crippen molar-refractivity contribution in [2.24, 2.45) is 0 Å². The summed E-state index contributed by atoms with van der Waals surface area (Å²) < 4.78 is 6.58. The summed E-state index contributed by atoms with van der Waals surface area (Å²) in [5.74, 6) is 0.946. The van der Waals surface area contributed by atoms with Crippen molar-refractivity contribution in [3.05, 3.63) is 53.4 Å². The molecular weight excluding hydrogens is 308 g/mol. The fourth-order valence-electron chi connectivity index (χ4n) is 2.53. The standard InChI is InChI=1S/C18H20N2O2S/c1-13(15-8-6-12-22-15)20(2)18(21)11-5-10-17-19-14-7-3-4-9-16(14)23-17/h3-4,6-9,12-13H,5,10-11H2,1-2H3. The van der Waals surface area contributed by atoms with E-state index < -0.39 is 0 Å². The van der Waals surface area contributed by atoms with Gasteiger partial charge in [0.25, 0.3) is 0 Å². The summed E-state index contributed by atoms with van der Waals surface area (Å²) in [5, 5.41) is 1.10. The molecule has 3 rings (SSSR count). The monoisotopic (exact) mass is 328 g/mol. The fourth-order valence-corrected chi connectivity index (χ4v) is 3.54. The third kappa shape index (κ3) is 3.62. The molecule has 4 nitrogen and oxygen atoms in total. The molecule has 1 aromatic carbocycles. The predicted molar refractivity (Wildman–Crippen MR) is 92.5 cm³/mol. The lowest BCUT2D eigenvalue weighted by atomic mass is 10.2. The SMILES string of the molecule is CC(c1ccco1)N(C)C(=O)CCCc1nc2ccccc2s1. The first-order valence-electron chi connectivity index (χ1n) is 7.78. The number of nitrogens with zero attached hydrogens (tertiary/aromatic N) is 2. The van der Waals surface area contributed by atoms with Gasteiger partial charge in [0.1, 0.15) is 5.76 Å². The van der Waals surface area contributed by atoms with Gasteiger partial charge in [-0.1, -0.05) is 12.1 Å². The molecule has 3 aromatic rings. The molecule has 1 unspecified atom stereocenters. The van der Waals surface area contributed by atoms with E-state index >= 15 is 0 Å². The molecule has 120 valence electrons. The normalized spacial score (nSPS) is 12.4. The van der Waals surface area contributed by atoms with Crippen molar-refractivity contribution in [1.82, 2.24) is 9.88 Å². The maximum atomic E-state index is 12.3. The third-order valence-corrected chi connectivity index (χ3v) is 5.14. The highest BCUT2D eigenvalue weighted by Crippen LogP contribution is 2.23. The number of hydrogen-bond acceptors (Lipinski definition) is 4. The number of carbonyl (C=O) groups is 1. The number of hydrogen-bond donors (Lipinski definition) is 0. The first-order chi connectivity index (χ1) is 11.1. The van der Waals surface area contributed by atoms with E-state index in [9.17, 15) is 4.79 Å². The van der Waals surface area contributed by atoms with Gasteiger partial charge in [0, 0.05) is 13.5 Å². The van der Waals surface area contributed by atoms with Gasteiger partial charge in [-0.05, 0) is 44.0 Å². The van der Waals surface area contributed by atoms with Gasteiger partial charge in [0.15, 0.2) is 0 Å². The van der Waals surface area contributed by atoms with Crippen molar-refractivity contribution in [3.63, 3.8) is 0 Å². The first kappa shape index (κ1) is 15.7. The Morgan fingerprint density at radius 1 is 1.30 bits per heavy atom. The second kappa shape index (κ2) is 6.96. The van der Waals surface area contributed by atoms with Gasteiger partial charge in [-0.3, -0.25) is 4.79 Å². The van der Waals surface area contributed by atoms with E-state index in [4.69, 9.17) is 4.42 Å². The van der Waals surface area contributed by atoms with Crippen molar-refractivity contribution in [3.8, 4) is 0 Å². The molecule has 2 heterocycles. The second-order valence-electron chi connectivity index (χ2n) is 5.62. The molecule has 0 saturated heterocycles. The van der Waals surface area contributed by atoms with E-state index in [-0.39, 0.29) is 11.9 Å². The maximum Gasteiger partial charge on any atom is 0.222 e. The van der Waals surface area contributed by atoms with Gasteiger partial charge in [0.05, 0.1) is 27.5 Å². The van der Waals surface area contributed by atoms with Crippen LogP contribution in [-0.4, -0.2) is 22.8 Å². The molecule has 0 saturated carbocycles. The van der Waals surface area contributed by atoms with Crippen molar-refractivity contribution < 1.29 is 9.21 Å². The van der Waals surface area contributed by atoms with E-state index in [1.165, 1.54) is 4.70 Å². The van der Waals surface area contributed by atoms with Crippen LogP contribution in [0.4, 0.5) is 0 Å². The van der Waals surface area contributed by atoms with Crippen molar-refractivity contribution in [2.45, 2.75) is 32.2 Å². The highest BCUT2D eigenvalue weighted by Gasteiger charge is 2.19. The molecule has 0 fully saturated rings. The molecule has 1 amide bonds. The van der Waals surface area contributed by atoms with Crippen LogP contribution in [0.25, 0.3) is 10.2 Å². The third-order valence-electron chi connectivity index (χ3n) is 4.05. The number of fused-ring (bicyclic) bond motifs is 1. The molecule has 0 aliphatic carbocycles. The van der Waals surface area contributed by atoms with Crippen LogP contribution in [0.3, 0.4) is 0 Å². The molecule has 23 heavy (non-hydrogen) atoms. The lowest BCUT2D eigenvalue weighted by molar-refractivity contribution is -0.132. The number of carbonyl (C=O) groups excluding carboxylic acids is 1. The van der Waals surface area contributed by atoms with Gasteiger partial charge in [-0.2, -0.15) is 0 Å². The van der Waals surface area contributed by atoms with Crippen LogP contribution in [-0.2, 0) is 11.2 Å². The molecule has 2 aromatic heterocycles. The molecular formula is C18H20N2O2S. The number of rotatable bonds is 6. The second-order valence-corrected chi connectivity index (χ2v) is 6.74. The fraction of sp³-hybridized carbons (Fsp3) is 0.333. The van der Waals surface area contributed by atoms with E-state index in [2.05, 4.69) is 11.1 Å². The highest BCUT2D eigenvalue weighted by atomic mass is 32.1. The summed E-state index contributed by atoms with van der Waals surface area (Å²) >= 11 is 1.71. The van der Waals surface area contributed by atoms with Crippen LogP contribution in [0.5, 0.6) is 0 Å². The molecule has 0 radical (unpaired) electrons. The zero-order valence-electron chi connectivity index (χ0n) is 13.4. The van der Waals surface area contributed by atoms with Gasteiger partial charge < -0.3 is 9.32 Å². The first-order valence-corrected chi connectivity index (χ1v) is 8.60. The minimum absolute atomic E-state index is 0.0417. The van der Waals surface area contributed by atoms with Crippen LogP contribution in [0.2, 0.25) is 0 Å². The van der Waals surface area contributed by atoms with Gasteiger partial charge in [0.2, 0.25) is 5.91 Å². The van der Waals surface area contributed by atoms with Crippen LogP contribution in [0.15, 0.2) is 47.1 Å². The van der Waals surface area contributed by atoms with Crippen molar-refractivity contribution in [2.75, 3.05) is 7.05 Å². The van der Waals surface area contributed by atoms with Gasteiger partial charge >= 0.3 is 0 Å². The highest BCUT2D eigenvalue weighted by molar-refractivity contribution is 7.18. The van der Waals surface area contributed by atoms with Gasteiger partial charge in [-0.15, -0.1) is 11.3 Å². The number of aromatic nitrogens is 1. The molecule has 1 atom stereocenters. The van der Waals surface area contributed by atoms with Crippen LogP contribution < -0.4 is 0 Å². The Hall–Kier alpha value is -2.14. The summed E-state index contributed by atoms with van der Waals surface area (Å²) in [6.45, 7) is 1.98. The lowest BCUT2D eigenvalue weighted by Gasteiger charge is -2.23. The summed E-state index contributed by atoms with van der Waals surface area (Å²) in [6, 6.07) is 11.8. The predicted octanol–water partition coefficient (Wildman–Crippen LogP) is 4.43. The Kier molecular flexibility index (Phi) is 4.76. The van der Waals surface area contributed by atoms with Gasteiger partial charge in [-0.25, -0.2) is 4.98 Å². The van der Waals surface area contributed by atoms with E-state index in [0.29, 0.717) is 6.42 Å². The Balaban J connectivity index is 1.52. The molecule has 0 aliphatic rings. The lowest BCUT2D eigenvalue weighted by Crippen LogP contribution is -2.29. The summed E-state index contributed by atoms with van der Waals surface area (Å²) in [6.07, 6.45) is 3.82. The minimum atomic E-state index is -0.0417. The molecule has 0 bridgehead atoms. The largest absolute Gasteiger partial charge is 0.467 e. The smallest absolute Gasteiger partial charge is 0.222 e. The van der Waals surface area contributed by atoms with Crippen LogP contribution >= 0.6 is 11.3 Å². The molecule has 0 spiro atoms. The van der Waals surface area contributed by atoms with Crippen molar-refractivity contribution in [1.29, 1.82) is 0 Å². The van der Waals surface area contributed by atoms with Crippen molar-refractivity contribution >= 4 is 27.5 Å². The van der Waals surface area contributed by atoms with Crippen LogP contribution in [0.1, 0.15) is 36.6 Å². The molecule has 0 N–H and O–H groups in total. The Morgan fingerprint density at radius 3 is 2.87 bits per heavy atom. The number of furan rings is 1. The Labute approximate surface area is 139 Å². The molecule has 5 heteroatoms. The van der Waals surface area contributed by atoms with E-state index in [1.807, 2.05) is 44.3 Å². The van der Waals surface area contributed by atoms with E-state index in [0.717, 1.165) is 29.1 Å². The van der Waals surface area contributed by atoms with E-state index in [1.54, 1.807) is 22.5 Å². The number of benzene rings is 1. The summed E-state index contributed by atoms with van der Waals surface area (Å²) in [5.41, 5.74) is 1.04. The number of amides is 1. The number of thiazole rings is 1. The summed E-state index contributed by atoms with van der Waals surface area (Å²) in [7, 11) is 1.83. The maximum absolute atomic E-state index is 12.3. The Bertz CT molecular complexity index is 746.